The Labute approximate surface area is 143 Å². The first-order valence-corrected chi connectivity index (χ1v) is 8.23. The summed E-state index contributed by atoms with van der Waals surface area (Å²) in [7, 11) is 0. The molecule has 1 fully saturated rings. The van der Waals surface area contributed by atoms with E-state index in [-0.39, 0.29) is 41.5 Å². The molecule has 0 aliphatic heterocycles. The molecule has 0 spiro atoms. The first-order valence-electron chi connectivity index (χ1n) is 8.23. The van der Waals surface area contributed by atoms with Gasteiger partial charge in [-0.05, 0) is 19.8 Å². The average Bonchev–Trinajstić information content (AvgIpc) is 2.53. The zero-order chi connectivity index (χ0) is 18.2. The van der Waals surface area contributed by atoms with E-state index < -0.39 is 40.6 Å². The molecule has 0 saturated heterocycles. The number of fused-ring (bicyclic) bond motifs is 3. The molecule has 1 aromatic rings. The van der Waals surface area contributed by atoms with Crippen LogP contribution >= 0.6 is 0 Å². The SMILES string of the molecule is C[C@]1(O)CC(=O)[C@]2(O)C3=C(CC[C@]2(O)C1)C(=O)c1ccccc1C3=O. The van der Waals surface area contributed by atoms with Crippen molar-refractivity contribution in [1.29, 1.82) is 0 Å². The van der Waals surface area contributed by atoms with E-state index >= 15 is 0 Å². The summed E-state index contributed by atoms with van der Waals surface area (Å²) in [4.78, 5) is 38.5. The van der Waals surface area contributed by atoms with Gasteiger partial charge in [0.1, 0.15) is 5.60 Å². The molecule has 25 heavy (non-hydrogen) atoms. The Bertz CT molecular complexity index is 880. The molecular weight excluding hydrogens is 324 g/mol. The molecule has 3 aliphatic carbocycles. The summed E-state index contributed by atoms with van der Waals surface area (Å²) < 4.78 is 0. The summed E-state index contributed by atoms with van der Waals surface area (Å²) >= 11 is 0. The fourth-order valence-corrected chi connectivity index (χ4v) is 4.58. The van der Waals surface area contributed by atoms with Crippen molar-refractivity contribution in [2.75, 3.05) is 0 Å². The van der Waals surface area contributed by atoms with Crippen LogP contribution in [0.1, 0.15) is 53.3 Å². The van der Waals surface area contributed by atoms with E-state index in [0.29, 0.717) is 0 Å². The maximum Gasteiger partial charge on any atom is 0.193 e. The number of ketones is 3. The van der Waals surface area contributed by atoms with Crippen LogP contribution in [0.25, 0.3) is 0 Å². The van der Waals surface area contributed by atoms with E-state index in [0.717, 1.165) is 0 Å². The summed E-state index contributed by atoms with van der Waals surface area (Å²) in [6.07, 6.45) is -0.657. The lowest BCUT2D eigenvalue weighted by Crippen LogP contribution is -2.70. The number of carbonyl (C=O) groups excluding carboxylic acids is 3. The minimum atomic E-state index is -2.47. The fraction of sp³-hybridized carbons (Fsp3) is 0.421. The quantitative estimate of drug-likeness (QED) is 0.641. The van der Waals surface area contributed by atoms with Gasteiger partial charge in [-0.25, -0.2) is 0 Å². The molecule has 1 saturated carbocycles. The van der Waals surface area contributed by atoms with Crippen molar-refractivity contribution >= 4 is 17.3 Å². The Morgan fingerprint density at radius 2 is 1.56 bits per heavy atom. The first kappa shape index (κ1) is 16.3. The second-order valence-electron chi connectivity index (χ2n) is 7.57. The van der Waals surface area contributed by atoms with Gasteiger partial charge in [-0.2, -0.15) is 0 Å². The minimum absolute atomic E-state index is 0.0659. The maximum absolute atomic E-state index is 13.0. The number of hydrogen-bond acceptors (Lipinski definition) is 6. The summed E-state index contributed by atoms with van der Waals surface area (Å²) in [5.41, 5.74) is -5.79. The third-order valence-corrected chi connectivity index (χ3v) is 5.66. The van der Waals surface area contributed by atoms with Crippen LogP contribution in [0.3, 0.4) is 0 Å². The van der Waals surface area contributed by atoms with Gasteiger partial charge in [-0.1, -0.05) is 24.3 Å². The molecule has 6 nitrogen and oxygen atoms in total. The number of rotatable bonds is 0. The summed E-state index contributed by atoms with van der Waals surface area (Å²) in [6.45, 7) is 1.41. The van der Waals surface area contributed by atoms with Crippen LogP contribution in [0.2, 0.25) is 0 Å². The third-order valence-electron chi connectivity index (χ3n) is 5.66. The summed E-state index contributed by atoms with van der Waals surface area (Å²) in [5, 5.41) is 32.5. The van der Waals surface area contributed by atoms with Gasteiger partial charge in [-0.15, -0.1) is 0 Å². The van der Waals surface area contributed by atoms with Crippen LogP contribution in [-0.2, 0) is 4.79 Å². The van der Waals surface area contributed by atoms with E-state index in [2.05, 4.69) is 0 Å². The van der Waals surface area contributed by atoms with Gasteiger partial charge < -0.3 is 15.3 Å². The number of aliphatic hydroxyl groups is 3. The zero-order valence-electron chi connectivity index (χ0n) is 13.7. The molecule has 4 rings (SSSR count). The molecule has 0 bridgehead atoms. The van der Waals surface area contributed by atoms with Crippen molar-refractivity contribution in [3.63, 3.8) is 0 Å². The molecule has 0 aromatic heterocycles. The van der Waals surface area contributed by atoms with Gasteiger partial charge in [0.05, 0.1) is 5.60 Å². The molecule has 0 radical (unpaired) electrons. The standard InChI is InChI=1S/C19H18O6/c1-17(23)8-13(20)19(25)14-12(6-7-18(19,24)9-17)15(21)10-4-2-3-5-11(10)16(14)22/h2-5,23-25H,6-9H2,1H3/t17-,18-,19-/m0/s1. The van der Waals surface area contributed by atoms with Gasteiger partial charge in [0.2, 0.25) is 0 Å². The highest BCUT2D eigenvalue weighted by atomic mass is 16.4. The van der Waals surface area contributed by atoms with E-state index in [4.69, 9.17) is 0 Å². The molecular formula is C19H18O6. The van der Waals surface area contributed by atoms with Crippen molar-refractivity contribution in [2.24, 2.45) is 0 Å². The van der Waals surface area contributed by atoms with E-state index in [1.807, 2.05) is 0 Å². The maximum atomic E-state index is 13.0. The molecule has 0 amide bonds. The predicted octanol–water partition coefficient (Wildman–Crippen LogP) is 0.732. The topological polar surface area (TPSA) is 112 Å². The van der Waals surface area contributed by atoms with E-state index in [1.54, 1.807) is 12.1 Å². The molecule has 3 atom stereocenters. The Balaban J connectivity index is 1.96. The van der Waals surface area contributed by atoms with Crippen LogP contribution in [0.15, 0.2) is 35.4 Å². The number of carbonyl (C=O) groups is 3. The van der Waals surface area contributed by atoms with Crippen LogP contribution in [0, 0.1) is 0 Å². The molecule has 1 aromatic carbocycles. The Hall–Kier alpha value is -2.15. The number of benzene rings is 1. The smallest absolute Gasteiger partial charge is 0.193 e. The van der Waals surface area contributed by atoms with Crippen molar-refractivity contribution in [3.05, 3.63) is 46.5 Å². The highest BCUT2D eigenvalue weighted by molar-refractivity contribution is 6.29. The average molecular weight is 342 g/mol. The molecule has 6 heteroatoms. The molecule has 3 N–H and O–H groups in total. The van der Waals surface area contributed by atoms with Crippen molar-refractivity contribution < 1.29 is 29.7 Å². The van der Waals surface area contributed by atoms with Crippen molar-refractivity contribution in [3.8, 4) is 0 Å². The Morgan fingerprint density at radius 3 is 2.20 bits per heavy atom. The normalized spacial score (nSPS) is 37.5. The van der Waals surface area contributed by atoms with Gasteiger partial charge >= 0.3 is 0 Å². The van der Waals surface area contributed by atoms with Gasteiger partial charge in [0, 0.05) is 35.1 Å². The first-order chi connectivity index (χ1) is 11.6. The zero-order valence-corrected chi connectivity index (χ0v) is 13.7. The van der Waals surface area contributed by atoms with Crippen LogP contribution in [0.5, 0.6) is 0 Å². The van der Waals surface area contributed by atoms with E-state index in [1.165, 1.54) is 19.1 Å². The van der Waals surface area contributed by atoms with Gasteiger partial charge in [-0.3, -0.25) is 14.4 Å². The Kier molecular flexibility index (Phi) is 3.08. The van der Waals surface area contributed by atoms with E-state index in [9.17, 15) is 29.7 Å². The largest absolute Gasteiger partial charge is 0.390 e. The number of Topliss-reactive ketones (excluding diaryl/α,β-unsaturated/α-hetero) is 3. The monoisotopic (exact) mass is 342 g/mol. The fourth-order valence-electron chi connectivity index (χ4n) is 4.58. The molecule has 3 aliphatic rings. The Morgan fingerprint density at radius 1 is 0.960 bits per heavy atom. The van der Waals surface area contributed by atoms with Gasteiger partial charge in [0.15, 0.2) is 23.0 Å². The summed E-state index contributed by atoms with van der Waals surface area (Å²) in [5.74, 6) is -1.84. The number of hydrogen-bond donors (Lipinski definition) is 3. The van der Waals surface area contributed by atoms with Gasteiger partial charge in [0.25, 0.3) is 0 Å². The predicted molar refractivity (Wildman–Crippen MR) is 86.1 cm³/mol. The minimum Gasteiger partial charge on any atom is -0.390 e. The highest BCUT2D eigenvalue weighted by Crippen LogP contribution is 2.52. The van der Waals surface area contributed by atoms with Crippen molar-refractivity contribution in [1.82, 2.24) is 0 Å². The number of allylic oxidation sites excluding steroid dienone is 1. The van der Waals surface area contributed by atoms with Crippen LogP contribution in [0.4, 0.5) is 0 Å². The summed E-state index contributed by atoms with van der Waals surface area (Å²) in [6, 6.07) is 6.26. The third kappa shape index (κ3) is 1.93. The molecule has 0 unspecified atom stereocenters. The lowest BCUT2D eigenvalue weighted by molar-refractivity contribution is -0.201. The second kappa shape index (κ2) is 4.72. The van der Waals surface area contributed by atoms with Crippen LogP contribution < -0.4 is 0 Å². The highest BCUT2D eigenvalue weighted by Gasteiger charge is 2.67. The van der Waals surface area contributed by atoms with Crippen molar-refractivity contribution in [2.45, 2.75) is 49.4 Å². The molecule has 130 valence electrons. The van der Waals surface area contributed by atoms with Crippen LogP contribution in [-0.4, -0.2) is 49.5 Å². The molecule has 0 heterocycles. The lowest BCUT2D eigenvalue weighted by atomic mass is 9.55. The lowest BCUT2D eigenvalue weighted by Gasteiger charge is -2.53. The second-order valence-corrected chi connectivity index (χ2v) is 7.57.